The van der Waals surface area contributed by atoms with Gasteiger partial charge >= 0.3 is 0 Å². The maximum atomic E-state index is 12.3. The van der Waals surface area contributed by atoms with E-state index in [0.29, 0.717) is 24.5 Å². The maximum absolute atomic E-state index is 12.3. The monoisotopic (exact) mass is 436 g/mol. The zero-order valence-corrected chi connectivity index (χ0v) is 18.6. The molecule has 7 heteroatoms. The van der Waals surface area contributed by atoms with E-state index in [4.69, 9.17) is 14.2 Å². The molecule has 3 rings (SSSR count). The van der Waals surface area contributed by atoms with Crippen molar-refractivity contribution in [2.75, 3.05) is 25.6 Å². The molecule has 0 spiro atoms. The Bertz CT molecular complexity index is 1090. The smallest absolute Gasteiger partial charge is 0.262 e. The van der Waals surface area contributed by atoms with Crippen molar-refractivity contribution in [3.05, 3.63) is 82.3 Å². The lowest BCUT2D eigenvalue weighted by molar-refractivity contribution is -0.118. The summed E-state index contributed by atoms with van der Waals surface area (Å²) in [5.74, 6) is 1.32. The third kappa shape index (κ3) is 6.14. The summed E-state index contributed by atoms with van der Waals surface area (Å²) in [4.78, 5) is 24.5. The van der Waals surface area contributed by atoms with Gasteiger partial charge in [0, 0.05) is 18.0 Å². The van der Waals surface area contributed by atoms with Gasteiger partial charge in [0.05, 0.1) is 19.3 Å². The first-order valence-corrected chi connectivity index (χ1v) is 10.5. The summed E-state index contributed by atoms with van der Waals surface area (Å²) in [6.45, 7) is 4.53. The molecule has 0 aliphatic rings. The highest BCUT2D eigenvalue weighted by Gasteiger charge is 2.11. The Labute approximate surface area is 187 Å². The highest BCUT2D eigenvalue weighted by Crippen LogP contribution is 2.17. The summed E-state index contributed by atoms with van der Waals surface area (Å²) in [6, 6.07) is 16.4. The molecule has 0 unspecified atom stereocenters. The Kier molecular flexibility index (Phi) is 7.91. The van der Waals surface area contributed by atoms with Gasteiger partial charge in [-0.2, -0.15) is 0 Å². The Morgan fingerprint density at radius 1 is 0.969 bits per heavy atom. The molecular weight excluding hydrogens is 408 g/mol. The number of carbonyl (C=O) groups excluding carboxylic acids is 1. The first kappa shape index (κ1) is 22.9. The Balaban J connectivity index is 1.56. The van der Waals surface area contributed by atoms with Crippen LogP contribution >= 0.6 is 0 Å². The molecule has 0 aliphatic carbocycles. The van der Waals surface area contributed by atoms with Crippen molar-refractivity contribution in [1.29, 1.82) is 0 Å². The molecule has 168 valence electrons. The fourth-order valence-electron chi connectivity index (χ4n) is 3.16. The molecule has 1 amide bonds. The van der Waals surface area contributed by atoms with Gasteiger partial charge in [0.1, 0.15) is 18.1 Å². The van der Waals surface area contributed by atoms with Gasteiger partial charge in [-0.05, 0) is 55.3 Å². The van der Waals surface area contributed by atoms with Crippen molar-refractivity contribution < 1.29 is 19.0 Å². The molecule has 1 N–H and O–H groups in total. The van der Waals surface area contributed by atoms with E-state index in [1.54, 1.807) is 20.2 Å². The number of ether oxygens (including phenoxy) is 3. The van der Waals surface area contributed by atoms with Crippen LogP contribution in [0.5, 0.6) is 17.2 Å². The Morgan fingerprint density at radius 3 is 2.31 bits per heavy atom. The highest BCUT2D eigenvalue weighted by molar-refractivity contribution is 5.91. The number of benzene rings is 2. The summed E-state index contributed by atoms with van der Waals surface area (Å²) >= 11 is 0. The summed E-state index contributed by atoms with van der Waals surface area (Å²) in [5, 5.41) is 2.78. The van der Waals surface area contributed by atoms with E-state index in [0.717, 1.165) is 17.9 Å². The molecule has 0 atom stereocenters. The predicted octanol–water partition coefficient (Wildman–Crippen LogP) is 3.82. The van der Waals surface area contributed by atoms with Crippen molar-refractivity contribution in [3.63, 3.8) is 0 Å². The second-order valence-electron chi connectivity index (χ2n) is 7.20. The van der Waals surface area contributed by atoms with Crippen LogP contribution in [0.2, 0.25) is 0 Å². The van der Waals surface area contributed by atoms with E-state index >= 15 is 0 Å². The molecular formula is C25H28N2O5. The molecule has 0 bridgehead atoms. The summed E-state index contributed by atoms with van der Waals surface area (Å²) in [5.41, 5.74) is 2.25. The average molecular weight is 437 g/mol. The van der Waals surface area contributed by atoms with Crippen LogP contribution in [0.15, 0.2) is 65.6 Å². The molecule has 0 saturated carbocycles. The van der Waals surface area contributed by atoms with Gasteiger partial charge in [-0.15, -0.1) is 0 Å². The molecule has 32 heavy (non-hydrogen) atoms. The summed E-state index contributed by atoms with van der Waals surface area (Å²) < 4.78 is 18.3. The molecule has 7 nitrogen and oxygen atoms in total. The Morgan fingerprint density at radius 2 is 1.66 bits per heavy atom. The molecule has 0 aliphatic heterocycles. The van der Waals surface area contributed by atoms with Crippen LogP contribution in [0.25, 0.3) is 0 Å². The van der Waals surface area contributed by atoms with Gasteiger partial charge in [0.2, 0.25) is 5.43 Å². The fraction of sp³-hybridized carbons (Fsp3) is 0.280. The van der Waals surface area contributed by atoms with Crippen LogP contribution in [-0.2, 0) is 17.8 Å². The molecule has 1 aromatic heterocycles. The van der Waals surface area contributed by atoms with Crippen molar-refractivity contribution >= 4 is 11.6 Å². The number of nitrogens with one attached hydrogen (secondary N) is 1. The number of hydrogen-bond acceptors (Lipinski definition) is 5. The van der Waals surface area contributed by atoms with Gasteiger partial charge < -0.3 is 24.1 Å². The average Bonchev–Trinajstić information content (AvgIpc) is 2.81. The second-order valence-corrected chi connectivity index (χ2v) is 7.20. The highest BCUT2D eigenvalue weighted by atomic mass is 16.5. The number of pyridine rings is 1. The normalized spacial score (nSPS) is 10.5. The number of carbonyl (C=O) groups is 1. The standard InChI is InChI=1S/C25H28N2O5/c1-4-19-5-7-20(8-6-19)26-24(29)17-32-25-18(2)27(14-13-23(25)28)15-16-31-22-11-9-21(30-3)10-12-22/h5-14H,4,15-17H2,1-3H3,(H,26,29). The molecule has 1 heterocycles. The van der Waals surface area contributed by atoms with Crippen LogP contribution in [0.3, 0.4) is 0 Å². The topological polar surface area (TPSA) is 78.8 Å². The second kappa shape index (κ2) is 11.0. The van der Waals surface area contributed by atoms with Crippen molar-refractivity contribution in [3.8, 4) is 17.2 Å². The van der Waals surface area contributed by atoms with E-state index in [9.17, 15) is 9.59 Å². The van der Waals surface area contributed by atoms with Crippen LogP contribution in [0.4, 0.5) is 5.69 Å². The minimum atomic E-state index is -0.328. The number of aryl methyl sites for hydroxylation is 1. The number of nitrogens with zero attached hydrogens (tertiary/aromatic N) is 1. The van der Waals surface area contributed by atoms with Crippen molar-refractivity contribution in [2.45, 2.75) is 26.8 Å². The fourth-order valence-corrected chi connectivity index (χ4v) is 3.16. The van der Waals surface area contributed by atoms with Crippen LogP contribution in [-0.4, -0.2) is 30.8 Å². The number of methoxy groups -OCH3 is 1. The molecule has 3 aromatic rings. The van der Waals surface area contributed by atoms with E-state index < -0.39 is 0 Å². The molecule has 0 radical (unpaired) electrons. The van der Waals surface area contributed by atoms with E-state index in [1.165, 1.54) is 11.6 Å². The molecule has 0 fully saturated rings. The zero-order valence-electron chi connectivity index (χ0n) is 18.6. The zero-order chi connectivity index (χ0) is 22.9. The number of anilines is 1. The SMILES string of the molecule is CCc1ccc(NC(=O)COc2c(C)n(CCOc3ccc(OC)cc3)ccc2=O)cc1. The molecule has 2 aromatic carbocycles. The number of rotatable bonds is 10. The number of amides is 1. The lowest BCUT2D eigenvalue weighted by Gasteiger charge is -2.15. The Hall–Kier alpha value is -3.74. The minimum absolute atomic E-state index is 0.161. The maximum Gasteiger partial charge on any atom is 0.262 e. The van der Waals surface area contributed by atoms with Crippen LogP contribution < -0.4 is 25.0 Å². The van der Waals surface area contributed by atoms with Gasteiger partial charge in [0.15, 0.2) is 12.4 Å². The number of aromatic nitrogens is 1. The first-order valence-electron chi connectivity index (χ1n) is 10.5. The molecule has 0 saturated heterocycles. The third-order valence-electron chi connectivity index (χ3n) is 5.04. The lowest BCUT2D eigenvalue weighted by atomic mass is 10.1. The lowest BCUT2D eigenvalue weighted by Crippen LogP contribution is -2.24. The third-order valence-corrected chi connectivity index (χ3v) is 5.04. The van der Waals surface area contributed by atoms with Gasteiger partial charge in [-0.1, -0.05) is 19.1 Å². The number of hydrogen-bond donors (Lipinski definition) is 1. The summed E-state index contributed by atoms with van der Waals surface area (Å²) in [6.07, 6.45) is 2.62. The van der Waals surface area contributed by atoms with Crippen LogP contribution in [0.1, 0.15) is 18.2 Å². The van der Waals surface area contributed by atoms with Gasteiger partial charge in [0.25, 0.3) is 5.91 Å². The van der Waals surface area contributed by atoms with Crippen molar-refractivity contribution in [2.24, 2.45) is 0 Å². The quantitative estimate of drug-likeness (QED) is 0.523. The van der Waals surface area contributed by atoms with Crippen LogP contribution in [0, 0.1) is 6.92 Å². The summed E-state index contributed by atoms with van der Waals surface area (Å²) in [7, 11) is 1.61. The van der Waals surface area contributed by atoms with Crippen molar-refractivity contribution in [1.82, 2.24) is 4.57 Å². The predicted molar refractivity (Wildman–Crippen MR) is 124 cm³/mol. The van der Waals surface area contributed by atoms with Gasteiger partial charge in [-0.25, -0.2) is 0 Å². The largest absolute Gasteiger partial charge is 0.497 e. The van der Waals surface area contributed by atoms with E-state index in [1.807, 2.05) is 53.1 Å². The van der Waals surface area contributed by atoms with Gasteiger partial charge in [-0.3, -0.25) is 9.59 Å². The first-order chi connectivity index (χ1) is 15.5. The van der Waals surface area contributed by atoms with E-state index in [-0.39, 0.29) is 23.7 Å². The minimum Gasteiger partial charge on any atom is -0.497 e. The van der Waals surface area contributed by atoms with E-state index in [2.05, 4.69) is 12.2 Å².